The molecule has 1 N–H and O–H groups in total. The first kappa shape index (κ1) is 21.8. The molecule has 0 saturated carbocycles. The minimum absolute atomic E-state index is 0.0476. The number of benzene rings is 2. The van der Waals surface area contributed by atoms with Gasteiger partial charge in [-0.1, -0.05) is 53.7 Å². The maximum Gasteiger partial charge on any atom is 0.261 e. The van der Waals surface area contributed by atoms with Crippen molar-refractivity contribution in [2.45, 2.75) is 19.4 Å². The molecule has 2 aromatic heterocycles. The number of carbonyl (C=O) groups excluding carboxylic acids is 1. The van der Waals surface area contributed by atoms with Crippen LogP contribution in [0.2, 0.25) is 0 Å². The second-order valence-corrected chi connectivity index (χ2v) is 8.23. The average molecular weight is 458 g/mol. The molecule has 0 radical (unpaired) electrons. The van der Waals surface area contributed by atoms with Crippen LogP contribution >= 0.6 is 0 Å². The van der Waals surface area contributed by atoms with E-state index >= 15 is 0 Å². The number of halogens is 1. The van der Waals surface area contributed by atoms with Crippen LogP contribution in [0.15, 0.2) is 77.4 Å². The van der Waals surface area contributed by atoms with E-state index in [-0.39, 0.29) is 24.2 Å². The van der Waals surface area contributed by atoms with Gasteiger partial charge >= 0.3 is 0 Å². The molecule has 34 heavy (non-hydrogen) atoms. The number of hydrogen-bond donors (Lipinski definition) is 1. The molecule has 2 aromatic carbocycles. The molecule has 0 bridgehead atoms. The van der Waals surface area contributed by atoms with Gasteiger partial charge in [0.2, 0.25) is 11.7 Å². The first-order chi connectivity index (χ1) is 16.7. The maximum absolute atomic E-state index is 13.8. The fourth-order valence-electron chi connectivity index (χ4n) is 4.18. The second-order valence-electron chi connectivity index (χ2n) is 8.23. The van der Waals surface area contributed by atoms with Gasteiger partial charge in [0, 0.05) is 42.9 Å². The van der Waals surface area contributed by atoms with Gasteiger partial charge in [0.15, 0.2) is 0 Å². The first-order valence-corrected chi connectivity index (χ1v) is 11.3. The molecule has 0 spiro atoms. The highest BCUT2D eigenvalue weighted by molar-refractivity contribution is 5.79. The lowest BCUT2D eigenvalue weighted by Gasteiger charge is -2.32. The number of anilines is 1. The van der Waals surface area contributed by atoms with E-state index in [9.17, 15) is 9.18 Å². The zero-order chi connectivity index (χ0) is 23.3. The summed E-state index contributed by atoms with van der Waals surface area (Å²) < 4.78 is 19.4. The Bertz CT molecular complexity index is 1270. The van der Waals surface area contributed by atoms with Crippen molar-refractivity contribution in [3.05, 3.63) is 84.3 Å². The molecule has 0 unspecified atom stereocenters. The van der Waals surface area contributed by atoms with E-state index in [4.69, 9.17) is 4.52 Å². The van der Waals surface area contributed by atoms with Crippen molar-refractivity contribution in [2.75, 3.05) is 18.0 Å². The summed E-state index contributed by atoms with van der Waals surface area (Å²) in [5, 5.41) is 7.00. The quantitative estimate of drug-likeness (QED) is 0.460. The van der Waals surface area contributed by atoms with E-state index in [0.29, 0.717) is 43.2 Å². The molecule has 5 rings (SSSR count). The van der Waals surface area contributed by atoms with Crippen molar-refractivity contribution in [1.82, 2.24) is 20.4 Å². The minimum Gasteiger partial charge on any atom is -0.356 e. The molecule has 172 valence electrons. The zero-order valence-electron chi connectivity index (χ0n) is 18.5. The molecule has 1 amide bonds. The Labute approximate surface area is 196 Å². The first-order valence-electron chi connectivity index (χ1n) is 11.3. The molecular weight excluding hydrogens is 433 g/mol. The summed E-state index contributed by atoms with van der Waals surface area (Å²) in [7, 11) is 0. The summed E-state index contributed by atoms with van der Waals surface area (Å²) in [5.41, 5.74) is 2.13. The number of carbonyl (C=O) groups is 1. The van der Waals surface area contributed by atoms with Gasteiger partial charge in [0.25, 0.3) is 5.89 Å². The van der Waals surface area contributed by atoms with Crippen molar-refractivity contribution in [1.29, 1.82) is 0 Å². The molecule has 0 atom stereocenters. The molecule has 7 nitrogen and oxygen atoms in total. The van der Waals surface area contributed by atoms with Crippen LogP contribution in [0.25, 0.3) is 22.8 Å². The lowest BCUT2D eigenvalue weighted by molar-refractivity contribution is -0.125. The van der Waals surface area contributed by atoms with Gasteiger partial charge in [-0.05, 0) is 31.0 Å². The highest BCUT2D eigenvalue weighted by Gasteiger charge is 2.28. The molecule has 1 fully saturated rings. The Morgan fingerprint density at radius 3 is 2.59 bits per heavy atom. The van der Waals surface area contributed by atoms with E-state index < -0.39 is 0 Å². The predicted octanol–water partition coefficient (Wildman–Crippen LogP) is 4.47. The Kier molecular flexibility index (Phi) is 6.29. The number of piperidine rings is 1. The maximum atomic E-state index is 13.8. The Balaban J connectivity index is 1.24. The molecule has 4 aromatic rings. The van der Waals surface area contributed by atoms with Crippen LogP contribution in [-0.2, 0) is 11.3 Å². The predicted molar refractivity (Wildman–Crippen MR) is 126 cm³/mol. The lowest BCUT2D eigenvalue weighted by Crippen LogP contribution is -2.41. The van der Waals surface area contributed by atoms with Gasteiger partial charge in [0.1, 0.15) is 11.6 Å². The van der Waals surface area contributed by atoms with Crippen molar-refractivity contribution in [2.24, 2.45) is 5.92 Å². The normalized spacial score (nSPS) is 14.2. The van der Waals surface area contributed by atoms with Crippen LogP contribution in [0.3, 0.4) is 0 Å². The van der Waals surface area contributed by atoms with Gasteiger partial charge in [-0.3, -0.25) is 4.79 Å². The third-order valence-electron chi connectivity index (χ3n) is 6.05. The largest absolute Gasteiger partial charge is 0.356 e. The summed E-state index contributed by atoms with van der Waals surface area (Å²) in [5.74, 6) is 1.21. The Hall–Kier alpha value is -4.07. The van der Waals surface area contributed by atoms with E-state index in [2.05, 4.69) is 25.3 Å². The molecular formula is C26H24FN5O2. The van der Waals surface area contributed by atoms with Crippen molar-refractivity contribution >= 4 is 11.7 Å². The molecule has 3 heterocycles. The Morgan fingerprint density at radius 2 is 1.79 bits per heavy atom. The number of nitrogens with one attached hydrogen (secondary N) is 1. The number of hydrogen-bond acceptors (Lipinski definition) is 6. The zero-order valence-corrected chi connectivity index (χ0v) is 18.5. The SMILES string of the molecule is O=C(NCc1ccccc1F)C1CCN(c2ncccc2-c2nc(-c3ccccc3)no2)CC1. The van der Waals surface area contributed by atoms with Gasteiger partial charge in [-0.2, -0.15) is 4.98 Å². The monoisotopic (exact) mass is 457 g/mol. The fourth-order valence-corrected chi connectivity index (χ4v) is 4.18. The average Bonchev–Trinajstić information content (AvgIpc) is 3.39. The van der Waals surface area contributed by atoms with Crippen LogP contribution in [0.5, 0.6) is 0 Å². The van der Waals surface area contributed by atoms with Crippen molar-refractivity contribution < 1.29 is 13.7 Å². The van der Waals surface area contributed by atoms with Crippen LogP contribution in [0, 0.1) is 11.7 Å². The van der Waals surface area contributed by atoms with Gasteiger partial charge in [-0.15, -0.1) is 0 Å². The number of pyridine rings is 1. The number of rotatable bonds is 6. The van der Waals surface area contributed by atoms with Crippen molar-refractivity contribution in [3.8, 4) is 22.8 Å². The van der Waals surface area contributed by atoms with Gasteiger partial charge in [-0.25, -0.2) is 9.37 Å². The van der Waals surface area contributed by atoms with Crippen LogP contribution in [0.1, 0.15) is 18.4 Å². The van der Waals surface area contributed by atoms with Crippen LogP contribution in [0.4, 0.5) is 10.2 Å². The molecule has 1 saturated heterocycles. The standard InChI is InChI=1S/C26H24FN5O2/c27-22-11-5-4-9-20(22)17-29-25(33)19-12-15-32(16-13-19)24-21(10-6-14-28-24)26-30-23(31-34-26)18-7-2-1-3-8-18/h1-11,14,19H,12-13,15-17H2,(H,29,33). The number of amides is 1. The highest BCUT2D eigenvalue weighted by atomic mass is 19.1. The molecule has 8 heteroatoms. The smallest absolute Gasteiger partial charge is 0.261 e. The summed E-state index contributed by atoms with van der Waals surface area (Å²) in [6.07, 6.45) is 3.09. The fraction of sp³-hybridized carbons (Fsp3) is 0.231. The molecule has 1 aliphatic heterocycles. The van der Waals surface area contributed by atoms with E-state index in [1.165, 1.54) is 6.07 Å². The molecule has 1 aliphatic rings. The summed E-state index contributed by atoms with van der Waals surface area (Å²) in [4.78, 5) is 23.9. The number of aromatic nitrogens is 3. The highest BCUT2D eigenvalue weighted by Crippen LogP contribution is 2.31. The number of nitrogens with zero attached hydrogens (tertiary/aromatic N) is 4. The molecule has 0 aliphatic carbocycles. The Morgan fingerprint density at radius 1 is 1.03 bits per heavy atom. The summed E-state index contributed by atoms with van der Waals surface area (Å²) in [6, 6.07) is 19.9. The van der Waals surface area contributed by atoms with Crippen LogP contribution in [-0.4, -0.2) is 34.1 Å². The lowest BCUT2D eigenvalue weighted by atomic mass is 9.95. The van der Waals surface area contributed by atoms with Gasteiger partial charge in [0.05, 0.1) is 5.56 Å². The van der Waals surface area contributed by atoms with E-state index in [0.717, 1.165) is 16.9 Å². The third-order valence-corrected chi connectivity index (χ3v) is 6.05. The topological polar surface area (TPSA) is 84.2 Å². The van der Waals surface area contributed by atoms with E-state index in [1.807, 2.05) is 42.5 Å². The van der Waals surface area contributed by atoms with Gasteiger partial charge < -0.3 is 14.7 Å². The van der Waals surface area contributed by atoms with E-state index in [1.54, 1.807) is 24.4 Å². The summed E-state index contributed by atoms with van der Waals surface area (Å²) >= 11 is 0. The second kappa shape index (κ2) is 9.82. The van der Waals surface area contributed by atoms with Crippen molar-refractivity contribution in [3.63, 3.8) is 0 Å². The van der Waals surface area contributed by atoms with Crippen LogP contribution < -0.4 is 10.2 Å². The minimum atomic E-state index is -0.309. The third kappa shape index (κ3) is 4.66. The summed E-state index contributed by atoms with van der Waals surface area (Å²) in [6.45, 7) is 1.53.